The SMILES string of the molecule is CCCCc1[nH]c(=O)c(S(=O)(=O)c2ccc(-c3ccnc4[nH]ccc34)cn2)c(O)c1-c1c(OC)cccc1OC. The Morgan fingerprint density at radius 1 is 0.975 bits per heavy atom. The first-order valence-electron chi connectivity index (χ1n) is 12.6. The minimum absolute atomic E-state index is 0.129. The van der Waals surface area contributed by atoms with Crippen LogP contribution in [0.1, 0.15) is 25.5 Å². The van der Waals surface area contributed by atoms with E-state index in [0.29, 0.717) is 46.8 Å². The molecule has 11 heteroatoms. The molecule has 0 aliphatic heterocycles. The second-order valence-electron chi connectivity index (χ2n) is 9.11. The average molecular weight is 561 g/mol. The predicted molar refractivity (Wildman–Crippen MR) is 151 cm³/mol. The summed E-state index contributed by atoms with van der Waals surface area (Å²) in [5, 5.41) is 12.0. The van der Waals surface area contributed by atoms with Gasteiger partial charge in [-0.15, -0.1) is 0 Å². The van der Waals surface area contributed by atoms with E-state index < -0.39 is 26.0 Å². The summed E-state index contributed by atoms with van der Waals surface area (Å²) in [5.41, 5.74) is 2.07. The molecule has 206 valence electrons. The lowest BCUT2D eigenvalue weighted by molar-refractivity contribution is 0.395. The molecule has 0 fully saturated rings. The standard InChI is InChI=1S/C29H28N4O6S/c1-4-5-7-20-24(25-21(38-2)8-6-9-22(25)39-3)26(34)27(29(35)33-20)40(36,37)23-11-10-17(16-32-23)18-12-14-30-28-19(18)13-15-31-28/h6,8-16H,4-5,7H2,1-3H3,(H,30,31)(H2,33,34,35). The molecule has 0 saturated carbocycles. The molecule has 0 aliphatic rings. The molecular weight excluding hydrogens is 532 g/mol. The first kappa shape index (κ1) is 26.9. The van der Waals surface area contributed by atoms with E-state index in [1.54, 1.807) is 42.7 Å². The molecule has 4 aromatic heterocycles. The van der Waals surface area contributed by atoms with Crippen molar-refractivity contribution in [3.63, 3.8) is 0 Å². The molecule has 0 spiro atoms. The number of hydrogen-bond donors (Lipinski definition) is 3. The van der Waals surface area contributed by atoms with Crippen LogP contribution in [0.15, 0.2) is 75.8 Å². The minimum Gasteiger partial charge on any atom is -0.506 e. The van der Waals surface area contributed by atoms with Crippen LogP contribution in [0.3, 0.4) is 0 Å². The van der Waals surface area contributed by atoms with Crippen LogP contribution >= 0.6 is 0 Å². The summed E-state index contributed by atoms with van der Waals surface area (Å²) in [6.07, 6.45) is 6.72. The molecule has 0 unspecified atom stereocenters. The topological polar surface area (TPSA) is 147 Å². The lowest BCUT2D eigenvalue weighted by atomic mass is 9.98. The number of aromatic hydroxyl groups is 1. The fourth-order valence-electron chi connectivity index (χ4n) is 4.79. The lowest BCUT2D eigenvalue weighted by Gasteiger charge is -2.19. The van der Waals surface area contributed by atoms with Gasteiger partial charge in [-0.05, 0) is 54.8 Å². The molecule has 0 radical (unpaired) electrons. The van der Waals surface area contributed by atoms with Gasteiger partial charge in [0, 0.05) is 35.2 Å². The van der Waals surface area contributed by atoms with Gasteiger partial charge >= 0.3 is 0 Å². The number of methoxy groups -OCH3 is 2. The van der Waals surface area contributed by atoms with Crippen LogP contribution in [0.5, 0.6) is 17.2 Å². The van der Waals surface area contributed by atoms with Gasteiger partial charge in [-0.3, -0.25) is 4.79 Å². The van der Waals surface area contributed by atoms with Crippen molar-refractivity contribution in [3.05, 3.63) is 77.1 Å². The van der Waals surface area contributed by atoms with Crippen molar-refractivity contribution in [3.8, 4) is 39.5 Å². The number of benzene rings is 1. The molecule has 4 heterocycles. The molecule has 3 N–H and O–H groups in total. The van der Waals surface area contributed by atoms with Crippen molar-refractivity contribution in [2.45, 2.75) is 36.1 Å². The van der Waals surface area contributed by atoms with Gasteiger partial charge < -0.3 is 24.5 Å². The number of hydrogen-bond acceptors (Lipinski definition) is 8. The van der Waals surface area contributed by atoms with Gasteiger partial charge in [-0.2, -0.15) is 0 Å². The zero-order valence-electron chi connectivity index (χ0n) is 22.2. The van der Waals surface area contributed by atoms with Gasteiger partial charge in [-0.25, -0.2) is 18.4 Å². The van der Waals surface area contributed by atoms with Crippen LogP contribution in [-0.2, 0) is 16.3 Å². The summed E-state index contributed by atoms with van der Waals surface area (Å²) >= 11 is 0. The van der Waals surface area contributed by atoms with Crippen molar-refractivity contribution >= 4 is 20.9 Å². The Morgan fingerprint density at radius 2 is 1.73 bits per heavy atom. The number of pyridine rings is 3. The largest absolute Gasteiger partial charge is 0.506 e. The molecule has 0 aliphatic carbocycles. The van der Waals surface area contributed by atoms with Gasteiger partial charge in [0.1, 0.15) is 22.9 Å². The van der Waals surface area contributed by atoms with E-state index in [0.717, 1.165) is 17.4 Å². The number of aromatic amines is 2. The lowest BCUT2D eigenvalue weighted by Crippen LogP contribution is -2.21. The van der Waals surface area contributed by atoms with Crippen LogP contribution in [0.25, 0.3) is 33.3 Å². The number of unbranched alkanes of at least 4 members (excludes halogenated alkanes) is 1. The van der Waals surface area contributed by atoms with E-state index in [2.05, 4.69) is 19.9 Å². The number of rotatable bonds is 9. The highest BCUT2D eigenvalue weighted by atomic mass is 32.2. The number of aromatic nitrogens is 4. The number of sulfone groups is 1. The van der Waals surface area contributed by atoms with E-state index in [4.69, 9.17) is 9.47 Å². The number of H-pyrrole nitrogens is 2. The Bertz CT molecular complexity index is 1840. The molecule has 10 nitrogen and oxygen atoms in total. The summed E-state index contributed by atoms with van der Waals surface area (Å²) in [6.45, 7) is 1.99. The molecule has 0 saturated heterocycles. The Kier molecular flexibility index (Phi) is 7.31. The van der Waals surface area contributed by atoms with E-state index in [1.165, 1.54) is 26.5 Å². The van der Waals surface area contributed by atoms with E-state index >= 15 is 0 Å². The van der Waals surface area contributed by atoms with Crippen molar-refractivity contribution < 1.29 is 23.0 Å². The van der Waals surface area contributed by atoms with E-state index in [9.17, 15) is 18.3 Å². The highest BCUT2D eigenvalue weighted by Gasteiger charge is 2.32. The normalized spacial score (nSPS) is 11.6. The van der Waals surface area contributed by atoms with Crippen LogP contribution < -0.4 is 15.0 Å². The van der Waals surface area contributed by atoms with Crippen molar-refractivity contribution in [2.75, 3.05) is 14.2 Å². The number of fused-ring (bicyclic) bond motifs is 1. The fourth-order valence-corrected chi connectivity index (χ4v) is 6.09. The highest BCUT2D eigenvalue weighted by molar-refractivity contribution is 7.91. The molecule has 0 bridgehead atoms. The number of nitrogens with zero attached hydrogens (tertiary/aromatic N) is 2. The zero-order chi connectivity index (χ0) is 28.4. The zero-order valence-corrected chi connectivity index (χ0v) is 23.0. The fraction of sp³-hybridized carbons (Fsp3) is 0.207. The summed E-state index contributed by atoms with van der Waals surface area (Å²) in [5.74, 6) is 0.00378. The first-order chi connectivity index (χ1) is 19.3. The first-order valence-corrected chi connectivity index (χ1v) is 14.1. The van der Waals surface area contributed by atoms with Crippen molar-refractivity contribution in [1.82, 2.24) is 19.9 Å². The molecule has 0 atom stereocenters. The number of aryl methyl sites for hydroxylation is 1. The third-order valence-corrected chi connectivity index (χ3v) is 8.44. The Labute approximate surface area is 230 Å². The Morgan fingerprint density at radius 3 is 2.38 bits per heavy atom. The molecule has 5 rings (SSSR count). The summed E-state index contributed by atoms with van der Waals surface area (Å²) in [6, 6.07) is 11.6. The van der Waals surface area contributed by atoms with Crippen molar-refractivity contribution in [2.24, 2.45) is 0 Å². The third-order valence-electron chi connectivity index (χ3n) is 6.73. The number of ether oxygens (including phenoxy) is 2. The molecule has 0 amide bonds. The van der Waals surface area contributed by atoms with Gasteiger partial charge in [0.2, 0.25) is 9.84 Å². The average Bonchev–Trinajstić information content (AvgIpc) is 3.45. The minimum atomic E-state index is -4.54. The van der Waals surface area contributed by atoms with Gasteiger partial charge in [0.25, 0.3) is 5.56 Å². The van der Waals surface area contributed by atoms with Crippen LogP contribution in [0, 0.1) is 0 Å². The second kappa shape index (κ2) is 10.9. The summed E-state index contributed by atoms with van der Waals surface area (Å²) in [4.78, 5) is 26.7. The summed E-state index contributed by atoms with van der Waals surface area (Å²) in [7, 11) is -1.63. The molecular formula is C29H28N4O6S. The smallest absolute Gasteiger partial charge is 0.271 e. The second-order valence-corrected chi connectivity index (χ2v) is 10.9. The predicted octanol–water partition coefficient (Wildman–Crippen LogP) is 4.88. The monoisotopic (exact) mass is 560 g/mol. The van der Waals surface area contributed by atoms with Crippen molar-refractivity contribution in [1.29, 1.82) is 0 Å². The molecule has 5 aromatic rings. The maximum absolute atomic E-state index is 13.8. The van der Waals surface area contributed by atoms with Crippen LogP contribution in [-0.4, -0.2) is 47.7 Å². The van der Waals surface area contributed by atoms with E-state index in [1.807, 2.05) is 13.0 Å². The Hall–Kier alpha value is -4.64. The van der Waals surface area contributed by atoms with Gasteiger partial charge in [-0.1, -0.05) is 19.4 Å². The summed E-state index contributed by atoms with van der Waals surface area (Å²) < 4.78 is 38.6. The Balaban J connectivity index is 1.68. The van der Waals surface area contributed by atoms with Crippen LogP contribution in [0.4, 0.5) is 0 Å². The maximum atomic E-state index is 13.8. The van der Waals surface area contributed by atoms with E-state index in [-0.39, 0.29) is 10.6 Å². The van der Waals surface area contributed by atoms with Gasteiger partial charge in [0.15, 0.2) is 9.92 Å². The molecule has 40 heavy (non-hydrogen) atoms. The quantitative estimate of drug-likeness (QED) is 0.231. The maximum Gasteiger partial charge on any atom is 0.271 e. The van der Waals surface area contributed by atoms with Gasteiger partial charge in [0.05, 0.1) is 25.3 Å². The number of nitrogens with one attached hydrogen (secondary N) is 2. The van der Waals surface area contributed by atoms with Crippen LogP contribution in [0.2, 0.25) is 0 Å². The highest BCUT2D eigenvalue weighted by Crippen LogP contribution is 2.46. The third kappa shape index (κ3) is 4.58. The molecule has 1 aromatic carbocycles.